The fourth-order valence-electron chi connectivity index (χ4n) is 3.13. The molecular weight excluding hydrogens is 338 g/mol. The van der Waals surface area contributed by atoms with Crippen LogP contribution >= 0.6 is 11.8 Å². The largest absolute Gasteiger partial charge is 0.493 e. The van der Waals surface area contributed by atoms with Crippen molar-refractivity contribution in [2.75, 3.05) is 26.0 Å². The van der Waals surface area contributed by atoms with Crippen molar-refractivity contribution in [1.82, 2.24) is 4.90 Å². The number of methoxy groups -OCH3 is 1. The van der Waals surface area contributed by atoms with Gasteiger partial charge in [-0.2, -0.15) is 0 Å². The van der Waals surface area contributed by atoms with Crippen LogP contribution in [0.2, 0.25) is 0 Å². The normalized spacial score (nSPS) is 18.3. The van der Waals surface area contributed by atoms with Crippen molar-refractivity contribution in [3.63, 3.8) is 0 Å². The van der Waals surface area contributed by atoms with Crippen molar-refractivity contribution in [1.29, 1.82) is 0 Å². The number of furan rings is 2. The fourth-order valence-corrected chi connectivity index (χ4v) is 4.31. The maximum absolute atomic E-state index is 12.9. The first-order chi connectivity index (χ1) is 12.3. The third kappa shape index (κ3) is 3.14. The zero-order valence-corrected chi connectivity index (χ0v) is 14.8. The highest BCUT2D eigenvalue weighted by atomic mass is 32.2. The Labute approximate surface area is 149 Å². The Bertz CT molecular complexity index is 871. The van der Waals surface area contributed by atoms with E-state index in [-0.39, 0.29) is 5.91 Å². The number of hydrogen-bond donors (Lipinski definition) is 0. The van der Waals surface area contributed by atoms with Gasteiger partial charge in [-0.15, -0.1) is 11.8 Å². The molecule has 5 nitrogen and oxygen atoms in total. The number of rotatable bonds is 3. The van der Waals surface area contributed by atoms with Crippen molar-refractivity contribution in [3.05, 3.63) is 54.2 Å². The minimum atomic E-state index is -0.0704. The Morgan fingerprint density at radius 2 is 2.20 bits per heavy atom. The van der Waals surface area contributed by atoms with E-state index in [0.717, 1.165) is 23.3 Å². The Hall–Kier alpha value is -2.34. The lowest BCUT2D eigenvalue weighted by Crippen LogP contribution is -2.32. The van der Waals surface area contributed by atoms with E-state index in [1.54, 1.807) is 19.4 Å². The standard InChI is InChI=1S/C19H19NO4S/c1-22-15-5-2-4-13-12-16(24-18(13)15)19(21)20-8-7-17(25-11-9-20)14-6-3-10-23-14/h2-6,10,12,17H,7-9,11H2,1H3/t17-/m0/s1. The van der Waals surface area contributed by atoms with Crippen LogP contribution in [0, 0.1) is 0 Å². The molecule has 0 aliphatic carbocycles. The molecule has 0 spiro atoms. The Morgan fingerprint density at radius 1 is 1.28 bits per heavy atom. The molecule has 6 heteroatoms. The molecule has 25 heavy (non-hydrogen) atoms. The van der Waals surface area contributed by atoms with E-state index < -0.39 is 0 Å². The summed E-state index contributed by atoms with van der Waals surface area (Å²) in [6.45, 7) is 1.39. The van der Waals surface area contributed by atoms with Crippen LogP contribution in [0.3, 0.4) is 0 Å². The van der Waals surface area contributed by atoms with E-state index in [9.17, 15) is 4.79 Å². The summed E-state index contributed by atoms with van der Waals surface area (Å²) in [5.41, 5.74) is 0.617. The number of hydrogen-bond acceptors (Lipinski definition) is 5. The van der Waals surface area contributed by atoms with E-state index in [1.807, 2.05) is 47.0 Å². The van der Waals surface area contributed by atoms with Crippen molar-refractivity contribution in [2.24, 2.45) is 0 Å². The predicted molar refractivity (Wildman–Crippen MR) is 97.2 cm³/mol. The summed E-state index contributed by atoms with van der Waals surface area (Å²) >= 11 is 1.83. The highest BCUT2D eigenvalue weighted by Gasteiger charge is 2.26. The number of para-hydroxylation sites is 1. The molecule has 4 rings (SSSR count). The van der Waals surface area contributed by atoms with Gasteiger partial charge in [0.25, 0.3) is 5.91 Å². The van der Waals surface area contributed by atoms with Gasteiger partial charge in [0.2, 0.25) is 0 Å². The zero-order chi connectivity index (χ0) is 17.2. The first-order valence-electron chi connectivity index (χ1n) is 8.27. The third-order valence-electron chi connectivity index (χ3n) is 4.43. The number of fused-ring (bicyclic) bond motifs is 1. The molecule has 0 saturated carbocycles. The molecule has 0 N–H and O–H groups in total. The third-order valence-corrected chi connectivity index (χ3v) is 5.72. The summed E-state index contributed by atoms with van der Waals surface area (Å²) < 4.78 is 16.6. The van der Waals surface area contributed by atoms with Crippen molar-refractivity contribution >= 4 is 28.6 Å². The Kier molecular flexibility index (Phi) is 4.44. The van der Waals surface area contributed by atoms with Crippen LogP contribution in [0.1, 0.15) is 28.0 Å². The number of amides is 1. The quantitative estimate of drug-likeness (QED) is 0.697. The van der Waals surface area contributed by atoms with Gasteiger partial charge in [-0.05, 0) is 30.7 Å². The highest BCUT2D eigenvalue weighted by molar-refractivity contribution is 7.99. The van der Waals surface area contributed by atoms with Gasteiger partial charge < -0.3 is 18.5 Å². The molecule has 3 heterocycles. The summed E-state index contributed by atoms with van der Waals surface area (Å²) in [7, 11) is 1.60. The first-order valence-corrected chi connectivity index (χ1v) is 9.32. The summed E-state index contributed by atoms with van der Waals surface area (Å²) in [5, 5.41) is 1.17. The molecule has 130 valence electrons. The molecule has 1 aromatic carbocycles. The topological polar surface area (TPSA) is 55.8 Å². The van der Waals surface area contributed by atoms with E-state index >= 15 is 0 Å². The smallest absolute Gasteiger partial charge is 0.289 e. The molecule has 0 unspecified atom stereocenters. The van der Waals surface area contributed by atoms with Crippen LogP contribution in [-0.2, 0) is 0 Å². The lowest BCUT2D eigenvalue weighted by atomic mass is 10.2. The number of carbonyl (C=O) groups is 1. The van der Waals surface area contributed by atoms with Crippen LogP contribution in [0.5, 0.6) is 5.75 Å². The summed E-state index contributed by atoms with van der Waals surface area (Å²) in [6, 6.07) is 11.3. The lowest BCUT2D eigenvalue weighted by molar-refractivity contribution is 0.0736. The molecule has 1 saturated heterocycles. The fraction of sp³-hybridized carbons (Fsp3) is 0.316. The first kappa shape index (κ1) is 16.1. The molecule has 1 fully saturated rings. The van der Waals surface area contributed by atoms with Gasteiger partial charge in [0.15, 0.2) is 17.1 Å². The molecule has 2 aromatic heterocycles. The van der Waals surface area contributed by atoms with Crippen molar-refractivity contribution in [3.8, 4) is 5.75 Å². The number of ether oxygens (including phenoxy) is 1. The Morgan fingerprint density at radius 3 is 3.00 bits per heavy atom. The van der Waals surface area contributed by atoms with Gasteiger partial charge >= 0.3 is 0 Å². The van der Waals surface area contributed by atoms with Gasteiger partial charge in [0, 0.05) is 24.2 Å². The average molecular weight is 357 g/mol. The van der Waals surface area contributed by atoms with Crippen LogP contribution in [0.25, 0.3) is 11.0 Å². The van der Waals surface area contributed by atoms with Gasteiger partial charge in [-0.25, -0.2) is 0 Å². The van der Waals surface area contributed by atoms with Crippen molar-refractivity contribution in [2.45, 2.75) is 11.7 Å². The summed E-state index contributed by atoms with van der Waals surface area (Å²) in [6.07, 6.45) is 2.57. The zero-order valence-electron chi connectivity index (χ0n) is 13.9. The monoisotopic (exact) mass is 357 g/mol. The van der Waals surface area contributed by atoms with Gasteiger partial charge in [-0.3, -0.25) is 4.79 Å². The lowest BCUT2D eigenvalue weighted by Gasteiger charge is -2.18. The maximum atomic E-state index is 12.9. The van der Waals surface area contributed by atoms with E-state index in [4.69, 9.17) is 13.6 Å². The van der Waals surface area contributed by atoms with Crippen LogP contribution in [0.4, 0.5) is 0 Å². The molecule has 1 aliphatic heterocycles. The molecule has 0 radical (unpaired) electrons. The van der Waals surface area contributed by atoms with E-state index in [0.29, 0.717) is 35.4 Å². The molecule has 0 bridgehead atoms. The minimum absolute atomic E-state index is 0.0704. The van der Waals surface area contributed by atoms with Gasteiger partial charge in [-0.1, -0.05) is 12.1 Å². The second-order valence-corrected chi connectivity index (χ2v) is 7.26. The number of benzene rings is 1. The average Bonchev–Trinajstić information content (AvgIpc) is 3.26. The molecule has 1 atom stereocenters. The van der Waals surface area contributed by atoms with Crippen LogP contribution in [-0.4, -0.2) is 36.8 Å². The van der Waals surface area contributed by atoms with Crippen LogP contribution in [0.15, 0.2) is 51.5 Å². The molecule has 3 aromatic rings. The number of carbonyl (C=O) groups excluding carboxylic acids is 1. The van der Waals surface area contributed by atoms with Gasteiger partial charge in [0.1, 0.15) is 5.76 Å². The summed E-state index contributed by atoms with van der Waals surface area (Å²) in [5.74, 6) is 2.79. The van der Waals surface area contributed by atoms with E-state index in [1.165, 1.54) is 0 Å². The van der Waals surface area contributed by atoms with Gasteiger partial charge in [0.05, 0.1) is 18.6 Å². The second kappa shape index (κ2) is 6.88. The number of thioether (sulfide) groups is 1. The molecule has 1 aliphatic rings. The van der Waals surface area contributed by atoms with E-state index in [2.05, 4.69) is 0 Å². The Balaban J connectivity index is 1.53. The maximum Gasteiger partial charge on any atom is 0.289 e. The van der Waals surface area contributed by atoms with Crippen molar-refractivity contribution < 1.29 is 18.4 Å². The molecule has 1 amide bonds. The second-order valence-electron chi connectivity index (χ2n) is 5.95. The molecular formula is C19H19NO4S. The van der Waals surface area contributed by atoms with Crippen LogP contribution < -0.4 is 4.74 Å². The summed E-state index contributed by atoms with van der Waals surface area (Å²) in [4.78, 5) is 14.7. The highest BCUT2D eigenvalue weighted by Crippen LogP contribution is 2.35. The number of nitrogens with zero attached hydrogens (tertiary/aromatic N) is 1. The SMILES string of the molecule is COc1cccc2cc(C(=O)N3CCS[C@H](c4ccco4)CC3)oc12. The minimum Gasteiger partial charge on any atom is -0.493 e. The predicted octanol–water partition coefficient (Wildman–Crippen LogP) is 4.35.